The monoisotopic (exact) mass is 294 g/mol. The average molecular weight is 294 g/mol. The van der Waals surface area contributed by atoms with Crippen LogP contribution in [0.2, 0.25) is 0 Å². The molecular formula is C16H22O3S. The number of rotatable bonds is 5. The minimum atomic E-state index is -1.17. The molecular weight excluding hydrogens is 272 g/mol. The number of ether oxygens (including phenoxy) is 1. The molecule has 20 heavy (non-hydrogen) atoms. The molecule has 0 radical (unpaired) electrons. The van der Waals surface area contributed by atoms with Crippen molar-refractivity contribution < 1.29 is 13.7 Å². The van der Waals surface area contributed by atoms with E-state index in [2.05, 4.69) is 0 Å². The van der Waals surface area contributed by atoms with Gasteiger partial charge in [0.2, 0.25) is 0 Å². The highest BCUT2D eigenvalue weighted by atomic mass is 32.2. The van der Waals surface area contributed by atoms with Gasteiger partial charge in [0.05, 0.1) is 17.1 Å². The Kier molecular flexibility index (Phi) is 5.11. The first-order valence-corrected chi connectivity index (χ1v) is 8.47. The molecule has 2 rings (SSSR count). The molecule has 110 valence electrons. The van der Waals surface area contributed by atoms with Crippen molar-refractivity contribution in [3.8, 4) is 0 Å². The lowest BCUT2D eigenvalue weighted by molar-refractivity contribution is 0.0991. The molecule has 0 aromatic heterocycles. The number of carbonyl (C=O) groups excluding carboxylic acids is 1. The van der Waals surface area contributed by atoms with Gasteiger partial charge in [-0.1, -0.05) is 12.1 Å². The number of ketones is 1. The molecule has 4 heteroatoms. The van der Waals surface area contributed by atoms with Gasteiger partial charge in [0.25, 0.3) is 0 Å². The fraction of sp³-hybridized carbons (Fsp3) is 0.562. The summed E-state index contributed by atoms with van der Waals surface area (Å²) in [6.07, 6.45) is 2.04. The van der Waals surface area contributed by atoms with E-state index in [9.17, 15) is 9.00 Å². The van der Waals surface area contributed by atoms with Gasteiger partial charge in [-0.2, -0.15) is 0 Å². The molecule has 0 aliphatic carbocycles. The van der Waals surface area contributed by atoms with E-state index in [4.69, 9.17) is 4.74 Å². The summed E-state index contributed by atoms with van der Waals surface area (Å²) in [6.45, 7) is 6.51. The third-order valence-electron chi connectivity index (χ3n) is 3.93. The predicted octanol–water partition coefficient (Wildman–Crippen LogP) is 2.80. The summed E-state index contributed by atoms with van der Waals surface area (Å²) in [5.74, 6) is 0.432. The van der Waals surface area contributed by atoms with Crippen LogP contribution >= 0.6 is 0 Å². The molecule has 1 aliphatic rings. The maximum atomic E-state index is 12.4. The molecule has 1 saturated heterocycles. The van der Waals surface area contributed by atoms with E-state index in [1.807, 2.05) is 32.0 Å². The highest BCUT2D eigenvalue weighted by Gasteiger charge is 2.26. The van der Waals surface area contributed by atoms with Gasteiger partial charge in [-0.05, 0) is 50.8 Å². The van der Waals surface area contributed by atoms with Crippen LogP contribution in [-0.4, -0.2) is 33.7 Å². The lowest BCUT2D eigenvalue weighted by Gasteiger charge is -2.14. The van der Waals surface area contributed by atoms with Crippen LogP contribution in [0.5, 0.6) is 0 Å². The zero-order valence-electron chi connectivity index (χ0n) is 12.3. The van der Waals surface area contributed by atoms with Crippen molar-refractivity contribution in [1.29, 1.82) is 0 Å². The number of Topliss-reactive ketones (excluding diaryl/α,β-unsaturated/α-hetero) is 1. The van der Waals surface area contributed by atoms with E-state index in [0.29, 0.717) is 11.3 Å². The molecule has 3 atom stereocenters. The largest absolute Gasteiger partial charge is 0.377 e. The third kappa shape index (κ3) is 3.55. The zero-order valence-corrected chi connectivity index (χ0v) is 13.2. The van der Waals surface area contributed by atoms with Crippen LogP contribution in [0.4, 0.5) is 0 Å². The minimum absolute atomic E-state index is 0.0376. The molecule has 1 aromatic carbocycles. The second kappa shape index (κ2) is 6.64. The number of hydrogen-bond acceptors (Lipinski definition) is 3. The van der Waals surface area contributed by atoms with Crippen molar-refractivity contribution in [2.24, 2.45) is 0 Å². The van der Waals surface area contributed by atoms with Gasteiger partial charge in [-0.25, -0.2) is 0 Å². The molecule has 0 saturated carbocycles. The topological polar surface area (TPSA) is 43.4 Å². The Hall–Kier alpha value is -1.00. The lowest BCUT2D eigenvalue weighted by atomic mass is 10.0. The van der Waals surface area contributed by atoms with E-state index in [0.717, 1.165) is 30.6 Å². The Labute approximate surface area is 123 Å². The standard InChI is InChI=1S/C16H22O3S/c1-11-6-7-14(9-12(11)2)16(17)13(3)20(18)10-15-5-4-8-19-15/h6-7,9,13,15H,4-5,8,10H2,1-3H3. The normalized spacial score (nSPS) is 21.6. The van der Waals surface area contributed by atoms with Crippen molar-refractivity contribution in [3.05, 3.63) is 34.9 Å². The Morgan fingerprint density at radius 3 is 2.75 bits per heavy atom. The zero-order chi connectivity index (χ0) is 14.7. The van der Waals surface area contributed by atoms with Crippen molar-refractivity contribution in [2.75, 3.05) is 12.4 Å². The highest BCUT2D eigenvalue weighted by molar-refractivity contribution is 7.86. The predicted molar refractivity (Wildman–Crippen MR) is 81.7 cm³/mol. The summed E-state index contributed by atoms with van der Waals surface area (Å²) in [4.78, 5) is 12.4. The molecule has 1 aliphatic heterocycles. The number of aryl methyl sites for hydroxylation is 2. The van der Waals surface area contributed by atoms with Crippen LogP contribution in [-0.2, 0) is 15.5 Å². The molecule has 0 amide bonds. The third-order valence-corrected chi connectivity index (χ3v) is 5.63. The van der Waals surface area contributed by atoms with Crippen LogP contribution in [0.15, 0.2) is 18.2 Å². The molecule has 1 aromatic rings. The van der Waals surface area contributed by atoms with Crippen LogP contribution in [0.1, 0.15) is 41.3 Å². The van der Waals surface area contributed by atoms with E-state index in [1.165, 1.54) is 0 Å². The van der Waals surface area contributed by atoms with Gasteiger partial charge in [-0.3, -0.25) is 9.00 Å². The Balaban J connectivity index is 2.03. The van der Waals surface area contributed by atoms with Gasteiger partial charge < -0.3 is 4.74 Å². The Morgan fingerprint density at radius 2 is 2.15 bits per heavy atom. The second-order valence-electron chi connectivity index (χ2n) is 5.49. The van der Waals surface area contributed by atoms with Gasteiger partial charge in [0.15, 0.2) is 5.78 Å². The molecule has 3 unspecified atom stereocenters. The summed E-state index contributed by atoms with van der Waals surface area (Å²) in [7, 11) is -1.17. The van der Waals surface area contributed by atoms with Crippen LogP contribution in [0.25, 0.3) is 0 Å². The van der Waals surface area contributed by atoms with E-state index < -0.39 is 16.0 Å². The minimum Gasteiger partial charge on any atom is -0.377 e. The lowest BCUT2D eigenvalue weighted by Crippen LogP contribution is -2.29. The maximum absolute atomic E-state index is 12.4. The first kappa shape index (κ1) is 15.4. The number of carbonyl (C=O) groups is 1. The first-order valence-electron chi connectivity index (χ1n) is 7.09. The highest BCUT2D eigenvalue weighted by Crippen LogP contribution is 2.17. The van der Waals surface area contributed by atoms with Crippen molar-refractivity contribution >= 4 is 16.6 Å². The van der Waals surface area contributed by atoms with Gasteiger partial charge in [0, 0.05) is 23.0 Å². The van der Waals surface area contributed by atoms with Gasteiger partial charge >= 0.3 is 0 Å². The van der Waals surface area contributed by atoms with Crippen molar-refractivity contribution in [2.45, 2.75) is 45.0 Å². The summed E-state index contributed by atoms with van der Waals surface area (Å²) in [6, 6.07) is 5.65. The quantitative estimate of drug-likeness (QED) is 0.784. The van der Waals surface area contributed by atoms with E-state index >= 15 is 0 Å². The van der Waals surface area contributed by atoms with Crippen molar-refractivity contribution in [1.82, 2.24) is 0 Å². The molecule has 1 fully saturated rings. The number of benzene rings is 1. The summed E-state index contributed by atoms with van der Waals surface area (Å²) in [5.41, 5.74) is 2.91. The molecule has 1 heterocycles. The fourth-order valence-corrected chi connectivity index (χ4v) is 3.64. The molecule has 3 nitrogen and oxygen atoms in total. The smallest absolute Gasteiger partial charge is 0.178 e. The van der Waals surface area contributed by atoms with Crippen molar-refractivity contribution in [3.63, 3.8) is 0 Å². The van der Waals surface area contributed by atoms with E-state index in [-0.39, 0.29) is 11.9 Å². The van der Waals surface area contributed by atoms with Crippen LogP contribution in [0, 0.1) is 13.8 Å². The van der Waals surface area contributed by atoms with Gasteiger partial charge in [-0.15, -0.1) is 0 Å². The van der Waals surface area contributed by atoms with Gasteiger partial charge in [0.1, 0.15) is 0 Å². The van der Waals surface area contributed by atoms with Crippen LogP contribution in [0.3, 0.4) is 0 Å². The summed E-state index contributed by atoms with van der Waals surface area (Å²) in [5, 5.41) is -0.471. The fourth-order valence-electron chi connectivity index (χ4n) is 2.35. The molecule has 0 spiro atoms. The first-order chi connectivity index (χ1) is 9.49. The Bertz CT molecular complexity index is 518. The van der Waals surface area contributed by atoms with E-state index in [1.54, 1.807) is 6.92 Å². The second-order valence-corrected chi connectivity index (χ2v) is 7.29. The SMILES string of the molecule is Cc1ccc(C(=O)C(C)S(=O)CC2CCCO2)cc1C. The molecule has 0 N–H and O–H groups in total. The number of hydrogen-bond donors (Lipinski definition) is 0. The maximum Gasteiger partial charge on any atom is 0.178 e. The average Bonchev–Trinajstić information content (AvgIpc) is 2.93. The summed E-state index contributed by atoms with van der Waals surface area (Å²) >= 11 is 0. The Morgan fingerprint density at radius 1 is 1.40 bits per heavy atom. The molecule has 0 bridgehead atoms. The van der Waals surface area contributed by atoms with Crippen LogP contribution < -0.4 is 0 Å². The summed E-state index contributed by atoms with van der Waals surface area (Å²) < 4.78 is 17.8.